The molecule has 0 spiro atoms. The van der Waals surface area contributed by atoms with Crippen molar-refractivity contribution in [2.24, 2.45) is 0 Å². The predicted molar refractivity (Wildman–Crippen MR) is 549 cm³/mol. The number of hydrogen-bond donors (Lipinski definition) is 9. The van der Waals surface area contributed by atoms with Gasteiger partial charge in [-0.25, -0.2) is 8.42 Å². The first kappa shape index (κ1) is 102. The Morgan fingerprint density at radius 2 is 0.619 bits per heavy atom. The lowest BCUT2D eigenvalue weighted by atomic mass is 10.1. The maximum atomic E-state index is 12.9. The van der Waals surface area contributed by atoms with Crippen LogP contribution in [0.15, 0.2) is 357 Å². The summed E-state index contributed by atoms with van der Waals surface area (Å²) in [5.74, 6) is -3.02. The first-order chi connectivity index (χ1) is 67.0. The van der Waals surface area contributed by atoms with Crippen molar-refractivity contribution in [3.63, 3.8) is 0 Å². The maximum Gasteiger partial charge on any atom is 0.270 e. The minimum absolute atomic E-state index is 0.113. The van der Waals surface area contributed by atoms with Gasteiger partial charge in [-0.05, 0) is 242 Å². The summed E-state index contributed by atoms with van der Waals surface area (Å²) in [5, 5.41) is 34.9. The van der Waals surface area contributed by atoms with Crippen LogP contribution in [0.25, 0.3) is 45.0 Å². The van der Waals surface area contributed by atoms with Gasteiger partial charge in [-0.3, -0.25) is 63.3 Å². The second-order valence-electron chi connectivity index (χ2n) is 30.6. The molecular weight excluding hydrogens is 1950 g/mol. The highest BCUT2D eigenvalue weighted by atomic mass is 35.5. The molecular formula is C106H81Cl8N13O11S. The molecule has 1 unspecified atom stereocenters. The lowest BCUT2D eigenvalue weighted by molar-refractivity contribution is 0.0912. The van der Waals surface area contributed by atoms with Crippen LogP contribution in [0.3, 0.4) is 0 Å². The number of aliphatic hydroxyl groups excluding tert-OH is 1. The summed E-state index contributed by atoms with van der Waals surface area (Å²) in [7, 11) is -3.29. The number of aromatic nitrogens is 5. The summed E-state index contributed by atoms with van der Waals surface area (Å²) in [4.78, 5) is 123. The fraction of sp³-hybridized carbons (Fsp3) is 0.0660. The first-order valence-electron chi connectivity index (χ1n) is 42.4. The summed E-state index contributed by atoms with van der Waals surface area (Å²) in [5.41, 5.74) is 13.1. The highest BCUT2D eigenvalue weighted by molar-refractivity contribution is 7.90. The highest BCUT2D eigenvalue weighted by Gasteiger charge is 2.24. The molecule has 33 heteroatoms. The van der Waals surface area contributed by atoms with Gasteiger partial charge in [-0.2, -0.15) is 0 Å². The zero-order chi connectivity index (χ0) is 98.7. The van der Waals surface area contributed by atoms with Gasteiger partial charge in [0.2, 0.25) is 0 Å². The van der Waals surface area contributed by atoms with E-state index in [4.69, 9.17) is 92.8 Å². The number of rotatable bonds is 26. The Balaban J connectivity index is 0.000000156. The SMILES string of the molecule is CC(NC(=O)c1ccc(C(=O)Nc2ccc(Cl)c(-c3ccccn3)c2)c(Cl)c1)c1ccccc1.CS(=O)(=O)c1ccc(CNC(=O)c2ccc(C(=O)Nc3ccc(Cl)c(-c4ccccn4)c3)c(Cl)c2)cc1.O=C(NCc1ccc(C(=O)Nc2ccc(Cl)c(-c3ccccn3)c2)c(Cl)c1)c1ccccn1.O=C(N[C@H](CO)c1ccccc1)c1ccc(C(=O)Nc2ccc(Cl)c(-c3ccccn3)c2)c(Cl)c1. The number of carbonyl (C=O) groups excluding carboxylic acids is 8. The van der Waals surface area contributed by atoms with Crippen LogP contribution >= 0.6 is 92.8 Å². The van der Waals surface area contributed by atoms with Crippen LogP contribution in [0.2, 0.25) is 40.2 Å². The van der Waals surface area contributed by atoms with E-state index < -0.39 is 45.4 Å². The molecule has 2 atom stereocenters. The van der Waals surface area contributed by atoms with Crippen LogP contribution in [0.5, 0.6) is 0 Å². The van der Waals surface area contributed by atoms with Crippen LogP contribution in [0.1, 0.15) is 124 Å². The number of carbonyl (C=O) groups is 8. The molecule has 0 fully saturated rings. The number of pyridine rings is 5. The van der Waals surface area contributed by atoms with Crippen LogP contribution in [-0.4, -0.2) is 98.6 Å². The summed E-state index contributed by atoms with van der Waals surface area (Å²) in [6.07, 6.45) is 9.36. The molecule has 8 amide bonds. The number of benzene rings is 11. The van der Waals surface area contributed by atoms with Crippen molar-refractivity contribution in [2.45, 2.75) is 37.0 Å². The number of aliphatic hydroxyl groups is 1. The van der Waals surface area contributed by atoms with Crippen molar-refractivity contribution in [3.05, 3.63) is 460 Å². The topological polar surface area (TPSA) is 352 Å². The fourth-order valence-corrected chi connectivity index (χ4v) is 16.2. The maximum absolute atomic E-state index is 12.9. The predicted octanol–water partition coefficient (Wildman–Crippen LogP) is 23.8. The van der Waals surface area contributed by atoms with Crippen molar-refractivity contribution in [2.75, 3.05) is 34.1 Å². The molecule has 5 aromatic heterocycles. The minimum atomic E-state index is -3.29. The number of amides is 8. The third-order valence-corrected chi connectivity index (χ3v) is 24.6. The molecule has 0 aliphatic carbocycles. The van der Waals surface area contributed by atoms with E-state index in [9.17, 15) is 51.9 Å². The Morgan fingerprint density at radius 1 is 0.302 bits per heavy atom. The third-order valence-electron chi connectivity index (χ3n) is 20.9. The van der Waals surface area contributed by atoms with Crippen molar-refractivity contribution < 1.29 is 51.9 Å². The van der Waals surface area contributed by atoms with Gasteiger partial charge in [0.25, 0.3) is 47.3 Å². The smallest absolute Gasteiger partial charge is 0.270 e. The van der Waals surface area contributed by atoms with Gasteiger partial charge in [0, 0.05) is 112 Å². The number of hydrogen-bond acceptors (Lipinski definition) is 16. The quantitative estimate of drug-likeness (QED) is 0.0243. The molecule has 24 nitrogen and oxygen atoms in total. The molecule has 0 radical (unpaired) electrons. The lowest BCUT2D eigenvalue weighted by Gasteiger charge is -2.17. The first-order valence-corrected chi connectivity index (χ1v) is 47.3. The Morgan fingerprint density at radius 3 is 0.957 bits per heavy atom. The minimum Gasteiger partial charge on any atom is -0.394 e. The molecule has 0 saturated carbocycles. The second-order valence-corrected chi connectivity index (χ2v) is 35.8. The average Bonchev–Trinajstić information content (AvgIpc) is 0.799. The fourth-order valence-electron chi connectivity index (χ4n) is 13.6. The molecule has 9 N–H and O–H groups in total. The molecule has 11 aromatic carbocycles. The Kier molecular flexibility index (Phi) is 35.6. The van der Waals surface area contributed by atoms with Crippen molar-refractivity contribution in [1.82, 2.24) is 46.2 Å². The standard InChI is InChI=1S/C27H21Cl2N3O4S.C27H21Cl2N3O3.C27H21Cl2N3O2.C25H18Cl2N4O2/c1-37(35,36)20-9-5-17(6-10-20)16-31-26(33)18-7-11-21(24(29)14-18)27(34)32-19-8-12-23(28)22(15-19)25-4-2-3-13-30-25;28-22-12-10-19(15-21(22)24-8-4-5-13-30-24)31-27(35)20-11-9-18(14-23(20)29)26(34)32-25(16-33)17-6-2-1-3-7-17;1-17(18-7-3-2-4-8-18)31-26(33)19-10-12-21(24(29)15-19)27(34)32-20-11-13-23(28)22(16-20)25-9-5-6-14-30-25;26-20-10-8-17(14-19(20)22-5-1-3-11-28-22)31-24(32)18-9-7-16(13-21(18)27)15-30-25(33)23-6-2-4-12-29-23/h2-15H,16H2,1H3,(H,31,33)(H,32,34);1-15,25,33H,16H2,(H,31,35)(H,32,34);2-17H,1H3,(H,31,33)(H,32,34);1-14H,15H2,(H,30,33)(H,31,32)/t;25-;;/m.1../s1. The number of nitrogens with one attached hydrogen (secondary N) is 8. The van der Waals surface area contributed by atoms with Gasteiger partial charge in [0.05, 0.1) is 109 Å². The third kappa shape index (κ3) is 28.2. The van der Waals surface area contributed by atoms with E-state index in [0.717, 1.165) is 28.5 Å². The van der Waals surface area contributed by atoms with Crippen molar-refractivity contribution in [3.8, 4) is 45.0 Å². The number of nitrogens with zero attached hydrogens (tertiary/aromatic N) is 5. The zero-order valence-electron chi connectivity index (χ0n) is 73.5. The molecule has 16 aromatic rings. The summed E-state index contributed by atoms with van der Waals surface area (Å²) in [6.45, 7) is 2.09. The van der Waals surface area contributed by atoms with Crippen LogP contribution in [0.4, 0.5) is 22.7 Å². The van der Waals surface area contributed by atoms with E-state index in [2.05, 4.69) is 67.5 Å². The number of halogens is 8. The summed E-state index contributed by atoms with van der Waals surface area (Å²) in [6, 6.07) is 90.3. The molecule has 0 bridgehead atoms. The van der Waals surface area contributed by atoms with Gasteiger partial charge >= 0.3 is 0 Å². The number of sulfone groups is 1. The molecule has 698 valence electrons. The van der Waals surface area contributed by atoms with E-state index in [1.807, 2.05) is 128 Å². The average molecular weight is 2030 g/mol. The van der Waals surface area contributed by atoms with E-state index in [-0.39, 0.29) is 96.3 Å². The van der Waals surface area contributed by atoms with E-state index in [1.165, 1.54) is 60.7 Å². The molecule has 5 heterocycles. The second kappa shape index (κ2) is 48.8. The van der Waals surface area contributed by atoms with Crippen molar-refractivity contribution >= 4 is 173 Å². The Bertz CT molecular complexity index is 7280. The Labute approximate surface area is 839 Å². The van der Waals surface area contributed by atoms with Crippen LogP contribution in [0, 0.1) is 0 Å². The van der Waals surface area contributed by atoms with Crippen molar-refractivity contribution in [1.29, 1.82) is 0 Å². The normalized spacial score (nSPS) is 11.2. The molecule has 139 heavy (non-hydrogen) atoms. The molecule has 16 rings (SSSR count). The van der Waals surface area contributed by atoms with Gasteiger partial charge in [0.15, 0.2) is 9.84 Å². The molecule has 0 saturated heterocycles. The number of anilines is 4. The largest absolute Gasteiger partial charge is 0.394 e. The van der Waals surface area contributed by atoms with Gasteiger partial charge in [0.1, 0.15) is 5.69 Å². The lowest BCUT2D eigenvalue weighted by Crippen LogP contribution is -2.30. The van der Waals surface area contributed by atoms with Crippen LogP contribution < -0.4 is 42.5 Å². The van der Waals surface area contributed by atoms with E-state index in [0.29, 0.717) is 105 Å². The molecule has 0 aliphatic rings. The Hall–Kier alpha value is -14.8. The van der Waals surface area contributed by atoms with Crippen LogP contribution in [-0.2, 0) is 22.9 Å². The summed E-state index contributed by atoms with van der Waals surface area (Å²) < 4.78 is 23.1. The van der Waals surface area contributed by atoms with E-state index in [1.54, 1.807) is 171 Å². The molecule has 0 aliphatic heterocycles. The van der Waals surface area contributed by atoms with Gasteiger partial charge < -0.3 is 47.6 Å². The van der Waals surface area contributed by atoms with E-state index >= 15 is 0 Å². The zero-order valence-corrected chi connectivity index (χ0v) is 80.3. The highest BCUT2D eigenvalue weighted by Crippen LogP contribution is 2.36. The monoisotopic (exact) mass is 2020 g/mol. The van der Waals surface area contributed by atoms with Gasteiger partial charge in [-0.15, -0.1) is 0 Å². The van der Waals surface area contributed by atoms with Gasteiger partial charge in [-0.1, -0.05) is 202 Å². The summed E-state index contributed by atoms with van der Waals surface area (Å²) >= 11 is 50.7.